The number of rotatable bonds is 2. The summed E-state index contributed by atoms with van der Waals surface area (Å²) in [6.45, 7) is 0. The SMILES string of the molecule is c1ccc(-c2ccc(-c3cc4c5c6c(ncc5n5c7cnc8c(c7c(c3)c45)C3CC4CC5CC8C45C3)C3CC4CC5CC6CC543)cc2)cc1. The van der Waals surface area contributed by atoms with Gasteiger partial charge in [0.05, 0.1) is 28.9 Å². The van der Waals surface area contributed by atoms with Gasteiger partial charge in [-0.1, -0.05) is 54.6 Å². The third-order valence-electron chi connectivity index (χ3n) is 17.3. The number of pyridine rings is 2. The first-order chi connectivity index (χ1) is 24.2. The largest absolute Gasteiger partial charge is 0.305 e. The average molecular weight is 632 g/mol. The summed E-state index contributed by atoms with van der Waals surface area (Å²) in [6.07, 6.45) is 15.9. The summed E-state index contributed by atoms with van der Waals surface area (Å²) in [5.41, 5.74) is 16.8. The van der Waals surface area contributed by atoms with E-state index in [-0.39, 0.29) is 0 Å². The predicted molar refractivity (Wildman–Crippen MR) is 194 cm³/mol. The van der Waals surface area contributed by atoms with Crippen molar-refractivity contribution in [3.63, 3.8) is 0 Å². The van der Waals surface area contributed by atoms with Gasteiger partial charge in [0, 0.05) is 44.8 Å². The smallest absolute Gasteiger partial charge is 0.0728 e. The fourth-order valence-electron chi connectivity index (χ4n) is 15.5. The minimum atomic E-state index is 0.610. The Bertz CT molecular complexity index is 2550. The van der Waals surface area contributed by atoms with Crippen molar-refractivity contribution in [2.75, 3.05) is 0 Å². The topological polar surface area (TPSA) is 30.2 Å². The molecule has 3 heteroatoms. The van der Waals surface area contributed by atoms with Crippen molar-refractivity contribution < 1.29 is 0 Å². The summed E-state index contributed by atoms with van der Waals surface area (Å²) in [4.78, 5) is 10.9. The lowest BCUT2D eigenvalue weighted by atomic mass is 9.37. The number of fused-ring (bicyclic) bond motifs is 16. The van der Waals surface area contributed by atoms with Crippen LogP contribution in [0.15, 0.2) is 79.1 Å². The zero-order valence-corrected chi connectivity index (χ0v) is 27.6. The van der Waals surface area contributed by atoms with E-state index in [0.717, 1.165) is 23.7 Å². The lowest BCUT2D eigenvalue weighted by Gasteiger charge is -2.67. The van der Waals surface area contributed by atoms with E-state index in [2.05, 4.69) is 83.5 Å². The molecule has 8 aliphatic carbocycles. The maximum absolute atomic E-state index is 5.47. The average Bonchev–Trinajstić information content (AvgIpc) is 3.88. The Balaban J connectivity index is 1.04. The second kappa shape index (κ2) is 7.58. The number of hydrogen-bond acceptors (Lipinski definition) is 2. The van der Waals surface area contributed by atoms with Crippen LogP contribution in [0.5, 0.6) is 0 Å². The van der Waals surface area contributed by atoms with Crippen molar-refractivity contribution in [2.24, 2.45) is 34.5 Å². The van der Waals surface area contributed by atoms with E-state index in [1.54, 1.807) is 11.1 Å². The Hall–Kier alpha value is -4.24. The normalized spacial score (nSPS) is 37.7. The van der Waals surface area contributed by atoms with Crippen LogP contribution in [0.1, 0.15) is 97.6 Å². The highest BCUT2D eigenvalue weighted by Gasteiger charge is 2.74. The molecule has 2 spiro atoms. The van der Waals surface area contributed by atoms with Gasteiger partial charge < -0.3 is 4.40 Å². The maximum atomic E-state index is 5.47. The highest BCUT2D eigenvalue weighted by Crippen LogP contribution is 2.83. The summed E-state index contributed by atoms with van der Waals surface area (Å²) < 4.78 is 2.63. The molecular formula is C46H37N3. The van der Waals surface area contributed by atoms with Crippen LogP contribution in [0.3, 0.4) is 0 Å². The van der Waals surface area contributed by atoms with E-state index in [1.165, 1.54) is 123 Å². The second-order valence-corrected chi connectivity index (χ2v) is 18.2. The van der Waals surface area contributed by atoms with Gasteiger partial charge >= 0.3 is 0 Å². The van der Waals surface area contributed by atoms with Crippen molar-refractivity contribution in [1.82, 2.24) is 14.4 Å². The molecule has 0 amide bonds. The molecule has 236 valence electrons. The van der Waals surface area contributed by atoms with Crippen LogP contribution in [0.4, 0.5) is 0 Å². The molecule has 4 aromatic heterocycles. The first-order valence-electron chi connectivity index (χ1n) is 19.4. The van der Waals surface area contributed by atoms with Crippen molar-refractivity contribution in [3.8, 4) is 22.3 Å². The highest BCUT2D eigenvalue weighted by atomic mass is 15.0. The zero-order chi connectivity index (χ0) is 31.1. The number of aromatic nitrogens is 3. The van der Waals surface area contributed by atoms with Gasteiger partial charge in [0.15, 0.2) is 0 Å². The molecule has 0 radical (unpaired) electrons. The minimum Gasteiger partial charge on any atom is -0.305 e. The maximum Gasteiger partial charge on any atom is 0.0728 e. The predicted octanol–water partition coefficient (Wildman–Crippen LogP) is 11.0. The van der Waals surface area contributed by atoms with Crippen LogP contribution in [-0.4, -0.2) is 14.4 Å². The lowest BCUT2D eigenvalue weighted by molar-refractivity contribution is -0.147. The van der Waals surface area contributed by atoms with Crippen molar-refractivity contribution >= 4 is 38.1 Å². The summed E-state index contributed by atoms with van der Waals surface area (Å²) >= 11 is 0. The standard InChI is InChI=1S/C46H37N3/c1-2-4-22(5-3-1)23-6-8-24(9-7-23)25-12-32-40-36(20-47-42-34-16-30-14-28-10-26(38(40)42)18-45(28,30)34)49-37-21-48-43-35-17-31-15-29-11-27(19-46(29,31)35)39(43)41(37)33(13-25)44(32)49/h1-9,12-13,20-21,26-31,34-35H,10-11,14-19H2. The first-order valence-corrected chi connectivity index (χ1v) is 19.4. The second-order valence-electron chi connectivity index (χ2n) is 18.2. The molecule has 4 bridgehead atoms. The number of nitrogens with zero attached hydrogens (tertiary/aromatic N) is 3. The molecule has 7 aromatic rings. The molecule has 49 heavy (non-hydrogen) atoms. The van der Waals surface area contributed by atoms with Crippen LogP contribution >= 0.6 is 0 Å². The fourth-order valence-corrected chi connectivity index (χ4v) is 15.5. The van der Waals surface area contributed by atoms with Gasteiger partial charge in [-0.15, -0.1) is 0 Å². The van der Waals surface area contributed by atoms with E-state index in [9.17, 15) is 0 Å². The highest BCUT2D eigenvalue weighted by molar-refractivity contribution is 6.26. The van der Waals surface area contributed by atoms with Gasteiger partial charge in [0.25, 0.3) is 0 Å². The molecule has 6 fully saturated rings. The minimum absolute atomic E-state index is 0.610. The van der Waals surface area contributed by atoms with E-state index < -0.39 is 0 Å². The van der Waals surface area contributed by atoms with Crippen LogP contribution in [-0.2, 0) is 0 Å². The van der Waals surface area contributed by atoms with E-state index in [1.807, 2.05) is 0 Å². The van der Waals surface area contributed by atoms with Crippen LogP contribution in [0.25, 0.3) is 60.3 Å². The zero-order valence-electron chi connectivity index (χ0n) is 27.6. The van der Waals surface area contributed by atoms with Gasteiger partial charge in [-0.2, -0.15) is 0 Å². The fraction of sp³-hybridized carbons (Fsp3) is 0.391. The molecule has 15 rings (SSSR count). The summed E-state index contributed by atoms with van der Waals surface area (Å²) in [5, 5.41) is 5.98. The Labute approximate surface area is 285 Å². The van der Waals surface area contributed by atoms with Gasteiger partial charge in [0.2, 0.25) is 0 Å². The Morgan fingerprint density at radius 2 is 1.02 bits per heavy atom. The first kappa shape index (κ1) is 24.8. The molecule has 10 atom stereocenters. The van der Waals surface area contributed by atoms with Gasteiger partial charge in [-0.3, -0.25) is 9.97 Å². The third kappa shape index (κ3) is 2.42. The monoisotopic (exact) mass is 631 g/mol. The molecule has 6 saturated carbocycles. The molecular weight excluding hydrogens is 595 g/mol. The quantitative estimate of drug-likeness (QED) is 0.190. The molecule has 10 unspecified atom stereocenters. The van der Waals surface area contributed by atoms with Crippen molar-refractivity contribution in [3.05, 3.63) is 102 Å². The molecule has 3 nitrogen and oxygen atoms in total. The van der Waals surface area contributed by atoms with Gasteiger partial charge in [-0.05, 0) is 143 Å². The molecule has 0 N–H and O–H groups in total. The molecule has 4 heterocycles. The van der Waals surface area contributed by atoms with Gasteiger partial charge in [0.1, 0.15) is 0 Å². The molecule has 3 aromatic carbocycles. The number of benzene rings is 3. The van der Waals surface area contributed by atoms with Crippen molar-refractivity contribution in [1.29, 1.82) is 0 Å². The van der Waals surface area contributed by atoms with Crippen LogP contribution in [0, 0.1) is 34.5 Å². The Morgan fingerprint density at radius 3 is 1.55 bits per heavy atom. The third-order valence-corrected chi connectivity index (χ3v) is 17.3. The lowest BCUT2D eigenvalue weighted by Crippen LogP contribution is -2.59. The molecule has 0 saturated heterocycles. The van der Waals surface area contributed by atoms with Gasteiger partial charge in [-0.25, -0.2) is 0 Å². The Morgan fingerprint density at radius 1 is 0.531 bits per heavy atom. The van der Waals surface area contributed by atoms with E-state index >= 15 is 0 Å². The summed E-state index contributed by atoms with van der Waals surface area (Å²) in [7, 11) is 0. The molecule has 8 aliphatic rings. The number of hydrogen-bond donors (Lipinski definition) is 0. The van der Waals surface area contributed by atoms with E-state index in [0.29, 0.717) is 34.5 Å². The van der Waals surface area contributed by atoms with Crippen LogP contribution in [0.2, 0.25) is 0 Å². The summed E-state index contributed by atoms with van der Waals surface area (Å²) in [6, 6.07) is 25.3. The van der Waals surface area contributed by atoms with Crippen LogP contribution < -0.4 is 0 Å². The van der Waals surface area contributed by atoms with E-state index in [4.69, 9.17) is 9.97 Å². The van der Waals surface area contributed by atoms with Crippen molar-refractivity contribution in [2.45, 2.75) is 75.0 Å². The summed E-state index contributed by atoms with van der Waals surface area (Å²) in [5.74, 6) is 6.58. The Kier molecular flexibility index (Phi) is 3.84. The molecule has 0 aliphatic heterocycles.